The van der Waals surface area contributed by atoms with Crippen molar-refractivity contribution in [2.45, 2.75) is 60.8 Å². The molecular weight excluding hydrogens is 228 g/mol. The lowest BCUT2D eigenvalue weighted by molar-refractivity contribution is 0.0268. The summed E-state index contributed by atoms with van der Waals surface area (Å²) in [7, 11) is 0. The second kappa shape index (κ2) is 4.78. The van der Waals surface area contributed by atoms with Gasteiger partial charge in [0.2, 0.25) is 0 Å². The first kappa shape index (κ1) is 14.0. The van der Waals surface area contributed by atoms with Crippen molar-refractivity contribution in [2.24, 2.45) is 59.2 Å². The van der Waals surface area contributed by atoms with Gasteiger partial charge in [-0.25, -0.2) is 0 Å². The zero-order valence-electron chi connectivity index (χ0n) is 13.9. The highest BCUT2D eigenvalue weighted by molar-refractivity contribution is 5.06. The molecule has 0 radical (unpaired) electrons. The Morgan fingerprint density at radius 2 is 1.53 bits per heavy atom. The van der Waals surface area contributed by atoms with Gasteiger partial charge in [0.25, 0.3) is 0 Å². The van der Waals surface area contributed by atoms with Gasteiger partial charge in [0.1, 0.15) is 0 Å². The maximum Gasteiger partial charge on any atom is -0.0323 e. The van der Waals surface area contributed by atoms with E-state index in [1.54, 1.807) is 0 Å². The van der Waals surface area contributed by atoms with Gasteiger partial charge in [-0.2, -0.15) is 0 Å². The molecule has 0 aromatic heterocycles. The first-order chi connectivity index (χ1) is 8.91. The van der Waals surface area contributed by atoms with Crippen LogP contribution in [0, 0.1) is 59.2 Å². The Labute approximate surface area is 120 Å². The van der Waals surface area contributed by atoms with E-state index in [1.807, 2.05) is 0 Å². The minimum Gasteiger partial charge on any atom is -0.0622 e. The van der Waals surface area contributed by atoms with E-state index in [0.29, 0.717) is 0 Å². The Morgan fingerprint density at radius 3 is 2.00 bits per heavy atom. The van der Waals surface area contributed by atoms with Crippen molar-refractivity contribution in [2.75, 3.05) is 0 Å². The Kier molecular flexibility index (Phi) is 3.51. The highest BCUT2D eigenvalue weighted by atomic mass is 14.6. The smallest absolute Gasteiger partial charge is 0.0323 e. The molecule has 3 rings (SSSR count). The van der Waals surface area contributed by atoms with Crippen molar-refractivity contribution in [3.8, 4) is 0 Å². The molecule has 3 fully saturated rings. The van der Waals surface area contributed by atoms with E-state index in [9.17, 15) is 0 Å². The van der Waals surface area contributed by atoms with Crippen molar-refractivity contribution in [3.05, 3.63) is 0 Å². The van der Waals surface area contributed by atoms with E-state index in [2.05, 4.69) is 41.5 Å². The summed E-state index contributed by atoms with van der Waals surface area (Å²) in [5.41, 5.74) is 0. The maximum atomic E-state index is 2.55. The molecule has 19 heavy (non-hydrogen) atoms. The molecule has 110 valence electrons. The highest BCUT2D eigenvalue weighted by Crippen LogP contribution is 2.64. The van der Waals surface area contributed by atoms with Crippen LogP contribution in [0.25, 0.3) is 0 Å². The van der Waals surface area contributed by atoms with Gasteiger partial charge < -0.3 is 0 Å². The molecule has 3 aliphatic rings. The minimum absolute atomic E-state index is 0.948. The molecule has 0 aliphatic heterocycles. The van der Waals surface area contributed by atoms with Gasteiger partial charge in [0.05, 0.1) is 0 Å². The van der Waals surface area contributed by atoms with Gasteiger partial charge >= 0.3 is 0 Å². The lowest BCUT2D eigenvalue weighted by Crippen LogP contribution is -2.39. The second-order valence-electron chi connectivity index (χ2n) is 8.79. The fourth-order valence-electron chi connectivity index (χ4n) is 6.10. The molecule has 0 heteroatoms. The fourth-order valence-corrected chi connectivity index (χ4v) is 6.10. The van der Waals surface area contributed by atoms with Crippen LogP contribution in [-0.4, -0.2) is 0 Å². The summed E-state index contributed by atoms with van der Waals surface area (Å²) in [5, 5.41) is 0. The topological polar surface area (TPSA) is 0 Å². The third-order valence-corrected chi connectivity index (χ3v) is 7.86. The van der Waals surface area contributed by atoms with Crippen LogP contribution in [0.2, 0.25) is 0 Å². The molecule has 0 saturated heterocycles. The summed E-state index contributed by atoms with van der Waals surface area (Å²) in [6.07, 6.45) is 4.55. The van der Waals surface area contributed by atoms with Crippen molar-refractivity contribution in [1.82, 2.24) is 0 Å². The molecule has 3 aliphatic carbocycles. The van der Waals surface area contributed by atoms with Crippen LogP contribution < -0.4 is 0 Å². The average Bonchev–Trinajstić information content (AvgIpc) is 2.93. The predicted molar refractivity (Wildman–Crippen MR) is 82.8 cm³/mol. The summed E-state index contributed by atoms with van der Waals surface area (Å²) < 4.78 is 0. The van der Waals surface area contributed by atoms with Crippen molar-refractivity contribution < 1.29 is 0 Å². The van der Waals surface area contributed by atoms with E-state index < -0.39 is 0 Å². The third-order valence-electron chi connectivity index (χ3n) is 7.86. The Balaban J connectivity index is 1.53. The zero-order chi connectivity index (χ0) is 13.9. The van der Waals surface area contributed by atoms with E-state index >= 15 is 0 Å². The van der Waals surface area contributed by atoms with Crippen molar-refractivity contribution >= 4 is 0 Å². The number of fused-ring (bicyclic) bond motifs is 1. The van der Waals surface area contributed by atoms with Crippen LogP contribution in [0.5, 0.6) is 0 Å². The molecule has 3 saturated carbocycles. The van der Waals surface area contributed by atoms with Crippen LogP contribution in [0.4, 0.5) is 0 Å². The number of hydrogen-bond donors (Lipinski definition) is 0. The standard InChI is InChI=1S/C19H34/c1-10(13(4)17-9-11(2)14(17)5)7-16-8-12(3)18-15(6)19(16)18/h10-19H,7-9H2,1-6H3. The van der Waals surface area contributed by atoms with Gasteiger partial charge in [-0.1, -0.05) is 41.5 Å². The highest BCUT2D eigenvalue weighted by Gasteiger charge is 2.58. The van der Waals surface area contributed by atoms with Crippen LogP contribution >= 0.6 is 0 Å². The number of hydrogen-bond acceptors (Lipinski definition) is 0. The predicted octanol–water partition coefficient (Wildman–Crippen LogP) is 5.48. The van der Waals surface area contributed by atoms with Gasteiger partial charge in [-0.3, -0.25) is 0 Å². The monoisotopic (exact) mass is 262 g/mol. The van der Waals surface area contributed by atoms with Crippen LogP contribution in [-0.2, 0) is 0 Å². The summed E-state index contributed by atoms with van der Waals surface area (Å²) >= 11 is 0. The normalized spacial score (nSPS) is 55.3. The van der Waals surface area contributed by atoms with Crippen molar-refractivity contribution in [3.63, 3.8) is 0 Å². The molecule has 0 amide bonds. The number of rotatable bonds is 4. The van der Waals surface area contributed by atoms with Gasteiger partial charge in [-0.15, -0.1) is 0 Å². The molecule has 10 unspecified atom stereocenters. The summed E-state index contributed by atoms with van der Waals surface area (Å²) in [5.74, 6) is 10.3. The van der Waals surface area contributed by atoms with E-state index in [-0.39, 0.29) is 0 Å². The van der Waals surface area contributed by atoms with Gasteiger partial charge in [0.15, 0.2) is 0 Å². The quantitative estimate of drug-likeness (QED) is 0.629. The molecule has 0 nitrogen and oxygen atoms in total. The van der Waals surface area contributed by atoms with E-state index in [0.717, 1.165) is 59.2 Å². The Bertz CT molecular complexity index is 333. The lowest BCUT2D eigenvalue weighted by Gasteiger charge is -2.46. The molecule has 0 N–H and O–H groups in total. The zero-order valence-corrected chi connectivity index (χ0v) is 13.9. The molecule has 0 bridgehead atoms. The fraction of sp³-hybridized carbons (Fsp3) is 1.00. The van der Waals surface area contributed by atoms with Crippen LogP contribution in [0.15, 0.2) is 0 Å². The first-order valence-corrected chi connectivity index (χ1v) is 8.91. The molecule has 0 aromatic carbocycles. The second-order valence-corrected chi connectivity index (χ2v) is 8.79. The maximum absolute atomic E-state index is 2.55. The molecule has 0 heterocycles. The lowest BCUT2D eigenvalue weighted by atomic mass is 9.59. The average molecular weight is 262 g/mol. The third kappa shape index (κ3) is 2.18. The summed E-state index contributed by atoms with van der Waals surface area (Å²) in [6.45, 7) is 15.0. The van der Waals surface area contributed by atoms with E-state index in [1.165, 1.54) is 19.3 Å². The van der Waals surface area contributed by atoms with Crippen LogP contribution in [0.3, 0.4) is 0 Å². The van der Waals surface area contributed by atoms with Gasteiger partial charge in [-0.05, 0) is 78.4 Å². The molecule has 0 spiro atoms. The van der Waals surface area contributed by atoms with Gasteiger partial charge in [0, 0.05) is 0 Å². The summed E-state index contributed by atoms with van der Waals surface area (Å²) in [4.78, 5) is 0. The Hall–Kier alpha value is 0. The molecule has 0 aromatic rings. The summed E-state index contributed by atoms with van der Waals surface area (Å²) in [6, 6.07) is 0. The SMILES string of the molecule is CC(CC1CC(C)C2C(C)C12)C(C)C1CC(C)C1C. The minimum atomic E-state index is 0.948. The van der Waals surface area contributed by atoms with Crippen LogP contribution in [0.1, 0.15) is 60.8 Å². The first-order valence-electron chi connectivity index (χ1n) is 8.91. The van der Waals surface area contributed by atoms with Crippen molar-refractivity contribution in [1.29, 1.82) is 0 Å². The largest absolute Gasteiger partial charge is 0.0622 e. The van der Waals surface area contributed by atoms with E-state index in [4.69, 9.17) is 0 Å². The molecular formula is C19H34. The Morgan fingerprint density at radius 1 is 0.842 bits per heavy atom. The molecule has 10 atom stereocenters.